The molecule has 3 aromatic carbocycles. The van der Waals surface area contributed by atoms with Crippen LogP contribution in [0.1, 0.15) is 12.5 Å². The van der Waals surface area contributed by atoms with E-state index in [1.54, 1.807) is 0 Å². The number of thiol groups is 1. The van der Waals surface area contributed by atoms with Crippen LogP contribution in [0.3, 0.4) is 0 Å². The summed E-state index contributed by atoms with van der Waals surface area (Å²) in [6.07, 6.45) is 5.85. The number of benzene rings is 3. The topological polar surface area (TPSA) is 3.24 Å². The van der Waals surface area contributed by atoms with Crippen molar-refractivity contribution in [2.24, 2.45) is 0 Å². The molecule has 3 aromatic rings. The first-order valence-corrected chi connectivity index (χ1v) is 9.80. The Morgan fingerprint density at radius 3 is 2.25 bits per heavy atom. The van der Waals surface area contributed by atoms with Crippen LogP contribution in [-0.2, 0) is 0 Å². The number of nitrogens with zero attached hydrogens (tertiary/aromatic N) is 1. The fourth-order valence-electron chi connectivity index (χ4n) is 3.23. The highest BCUT2D eigenvalue weighted by Crippen LogP contribution is 2.36. The lowest BCUT2D eigenvalue weighted by Crippen LogP contribution is -2.17. The maximum absolute atomic E-state index is 4.73. The van der Waals surface area contributed by atoms with Crippen molar-refractivity contribution in [2.45, 2.75) is 13.8 Å². The lowest BCUT2D eigenvalue weighted by atomic mass is 10.0. The summed E-state index contributed by atoms with van der Waals surface area (Å²) in [5, 5.41) is 0. The number of rotatable bonds is 6. The van der Waals surface area contributed by atoms with E-state index in [-0.39, 0.29) is 0 Å². The van der Waals surface area contributed by atoms with Gasteiger partial charge in [0.1, 0.15) is 0 Å². The first-order chi connectivity index (χ1) is 13.7. The molecule has 140 valence electrons. The molecule has 0 amide bonds. The van der Waals surface area contributed by atoms with Crippen molar-refractivity contribution in [3.8, 4) is 11.1 Å². The second-order valence-corrected chi connectivity index (χ2v) is 6.99. The van der Waals surface area contributed by atoms with E-state index in [4.69, 9.17) is 12.6 Å². The van der Waals surface area contributed by atoms with Gasteiger partial charge < -0.3 is 4.90 Å². The van der Waals surface area contributed by atoms with Crippen molar-refractivity contribution < 1.29 is 0 Å². The average molecular weight is 384 g/mol. The summed E-state index contributed by atoms with van der Waals surface area (Å²) in [6, 6.07) is 27.4. The highest BCUT2D eigenvalue weighted by atomic mass is 32.1. The Kier molecular flexibility index (Phi) is 6.57. The zero-order chi connectivity index (χ0) is 19.9. The Balaban J connectivity index is 2.22. The molecule has 0 unspecified atom stereocenters. The number of aryl methyl sites for hydroxylation is 1. The van der Waals surface area contributed by atoms with Crippen LogP contribution in [0.25, 0.3) is 11.1 Å². The van der Waals surface area contributed by atoms with E-state index in [1.807, 2.05) is 31.2 Å². The molecule has 0 spiro atoms. The van der Waals surface area contributed by atoms with Crippen LogP contribution in [0.2, 0.25) is 0 Å². The van der Waals surface area contributed by atoms with Crippen molar-refractivity contribution >= 4 is 24.0 Å². The van der Waals surface area contributed by atoms with Gasteiger partial charge in [-0.2, -0.15) is 0 Å². The van der Waals surface area contributed by atoms with Crippen molar-refractivity contribution in [1.82, 2.24) is 0 Å². The Bertz CT molecular complexity index is 1020. The smallest absolute Gasteiger partial charge is 0.0589 e. The normalized spacial score (nSPS) is 12.0. The van der Waals surface area contributed by atoms with Crippen LogP contribution in [0, 0.1) is 6.92 Å². The van der Waals surface area contributed by atoms with Crippen LogP contribution in [0.15, 0.2) is 114 Å². The van der Waals surface area contributed by atoms with Crippen LogP contribution in [0.5, 0.6) is 0 Å². The highest BCUT2D eigenvalue weighted by Gasteiger charge is 2.17. The Morgan fingerprint density at radius 1 is 0.893 bits per heavy atom. The van der Waals surface area contributed by atoms with Gasteiger partial charge in [-0.1, -0.05) is 79.4 Å². The van der Waals surface area contributed by atoms with Crippen LogP contribution in [-0.4, -0.2) is 0 Å². The standard InChI is InChI=1S/C26H25NS/c1-4-12-26(28)24(5-2)27(25-18-10-9-13-20(25)3)23-17-11-16-22(19-23)21-14-7-6-8-15-21/h4-19,28H,2H2,1,3H3/b12-4-,26-24-. The summed E-state index contributed by atoms with van der Waals surface area (Å²) in [6.45, 7) is 8.18. The van der Waals surface area contributed by atoms with E-state index in [1.165, 1.54) is 16.7 Å². The molecule has 0 fully saturated rings. The predicted octanol–water partition coefficient (Wildman–Crippen LogP) is 7.70. The largest absolute Gasteiger partial charge is 0.309 e. The monoisotopic (exact) mass is 383 g/mol. The van der Waals surface area contributed by atoms with Gasteiger partial charge >= 0.3 is 0 Å². The van der Waals surface area contributed by atoms with Crippen LogP contribution >= 0.6 is 12.6 Å². The van der Waals surface area contributed by atoms with Gasteiger partial charge in [-0.25, -0.2) is 0 Å². The molecule has 28 heavy (non-hydrogen) atoms. The van der Waals surface area contributed by atoms with E-state index in [0.717, 1.165) is 22.0 Å². The molecule has 0 heterocycles. The van der Waals surface area contributed by atoms with E-state index in [2.05, 4.69) is 91.2 Å². The number of hydrogen-bond donors (Lipinski definition) is 1. The second kappa shape index (κ2) is 9.29. The average Bonchev–Trinajstić information content (AvgIpc) is 2.73. The molecule has 0 aliphatic carbocycles. The minimum absolute atomic E-state index is 0.867. The summed E-state index contributed by atoms with van der Waals surface area (Å²) < 4.78 is 0. The quantitative estimate of drug-likeness (QED) is 0.337. The molecule has 0 aliphatic rings. The third-order valence-corrected chi connectivity index (χ3v) is 4.97. The first-order valence-electron chi connectivity index (χ1n) is 9.35. The van der Waals surface area contributed by atoms with Gasteiger partial charge in [-0.3, -0.25) is 0 Å². The van der Waals surface area contributed by atoms with E-state index in [9.17, 15) is 0 Å². The molecule has 0 radical (unpaired) electrons. The molecule has 0 atom stereocenters. The molecule has 0 aromatic heterocycles. The summed E-state index contributed by atoms with van der Waals surface area (Å²) in [5.41, 5.74) is 6.68. The Hall–Kier alpha value is -2.97. The third-order valence-electron chi connectivity index (χ3n) is 4.59. The van der Waals surface area contributed by atoms with Gasteiger partial charge in [-0.05, 0) is 54.8 Å². The zero-order valence-corrected chi connectivity index (χ0v) is 17.2. The fourth-order valence-corrected chi connectivity index (χ4v) is 3.57. The lowest BCUT2D eigenvalue weighted by Gasteiger charge is -2.29. The minimum Gasteiger partial charge on any atom is -0.309 e. The van der Waals surface area contributed by atoms with Gasteiger partial charge in [0.25, 0.3) is 0 Å². The summed E-state index contributed by atoms with van der Waals surface area (Å²) in [4.78, 5) is 3.09. The molecule has 2 heteroatoms. The molecular formula is C26H25NS. The molecule has 0 aliphatic heterocycles. The van der Waals surface area contributed by atoms with E-state index >= 15 is 0 Å². The number of allylic oxidation sites excluding steroid dienone is 3. The van der Waals surface area contributed by atoms with Crippen molar-refractivity contribution in [1.29, 1.82) is 0 Å². The van der Waals surface area contributed by atoms with Crippen molar-refractivity contribution in [2.75, 3.05) is 4.90 Å². The van der Waals surface area contributed by atoms with Gasteiger partial charge in [0.2, 0.25) is 0 Å². The third kappa shape index (κ3) is 4.29. The van der Waals surface area contributed by atoms with E-state index in [0.29, 0.717) is 0 Å². The molecule has 1 nitrogen and oxygen atoms in total. The maximum Gasteiger partial charge on any atom is 0.0589 e. The highest BCUT2D eigenvalue weighted by molar-refractivity contribution is 7.84. The molecule has 0 bridgehead atoms. The van der Waals surface area contributed by atoms with Gasteiger partial charge in [0.15, 0.2) is 0 Å². The van der Waals surface area contributed by atoms with Crippen LogP contribution in [0.4, 0.5) is 11.4 Å². The predicted molar refractivity (Wildman–Crippen MR) is 126 cm³/mol. The van der Waals surface area contributed by atoms with Crippen molar-refractivity contribution in [3.63, 3.8) is 0 Å². The van der Waals surface area contributed by atoms with Gasteiger partial charge in [0.05, 0.1) is 5.70 Å². The summed E-state index contributed by atoms with van der Waals surface area (Å²) in [5.74, 6) is 0. The van der Waals surface area contributed by atoms with Gasteiger partial charge in [-0.15, -0.1) is 12.6 Å². The second-order valence-electron chi connectivity index (χ2n) is 6.51. The molecule has 0 saturated heterocycles. The number of hydrogen-bond acceptors (Lipinski definition) is 2. The molecular weight excluding hydrogens is 358 g/mol. The fraction of sp³-hybridized carbons (Fsp3) is 0.0769. The van der Waals surface area contributed by atoms with Crippen molar-refractivity contribution in [3.05, 3.63) is 120 Å². The minimum atomic E-state index is 0.867. The van der Waals surface area contributed by atoms with E-state index < -0.39 is 0 Å². The summed E-state index contributed by atoms with van der Waals surface area (Å²) in [7, 11) is 0. The maximum atomic E-state index is 4.73. The molecule has 0 saturated carbocycles. The first kappa shape index (κ1) is 19.8. The molecule has 3 rings (SSSR count). The SMILES string of the molecule is C=C/C(=C(S)\C=C/C)N(c1cccc(-c2ccccc2)c1)c1ccccc1C. The molecule has 0 N–H and O–H groups in total. The lowest BCUT2D eigenvalue weighted by molar-refractivity contribution is 1.18. The zero-order valence-electron chi connectivity index (χ0n) is 16.3. The summed E-state index contributed by atoms with van der Waals surface area (Å²) >= 11 is 4.73. The van der Waals surface area contributed by atoms with Gasteiger partial charge in [0, 0.05) is 16.3 Å². The Morgan fingerprint density at radius 2 is 1.57 bits per heavy atom. The Labute approximate surface area is 173 Å². The van der Waals surface area contributed by atoms with Crippen LogP contribution < -0.4 is 4.90 Å². The number of para-hydroxylation sites is 1. The number of anilines is 2.